The zero-order chi connectivity index (χ0) is 25.1. The summed E-state index contributed by atoms with van der Waals surface area (Å²) in [6, 6.07) is 10.8. The van der Waals surface area contributed by atoms with Gasteiger partial charge in [-0.05, 0) is 76.6 Å². The number of aromatic nitrogens is 2. The van der Waals surface area contributed by atoms with Crippen molar-refractivity contribution in [3.63, 3.8) is 0 Å². The van der Waals surface area contributed by atoms with E-state index in [-0.39, 0.29) is 22.8 Å². The first-order valence-corrected chi connectivity index (χ1v) is 12.7. The molecule has 2 aromatic rings. The molecule has 0 bridgehead atoms. The SMILES string of the molecule is CN(C)[C@]1(c2ccccc2)CC[C@@]2(CC1)CC(=O)N(CC(C)(C)C(=O)NCCc1cncnc1)C2. The molecule has 1 aliphatic carbocycles. The minimum Gasteiger partial charge on any atom is -0.355 e. The molecule has 1 aliphatic heterocycles. The van der Waals surface area contributed by atoms with Gasteiger partial charge < -0.3 is 10.2 Å². The number of hydrogen-bond acceptors (Lipinski definition) is 5. The maximum absolute atomic E-state index is 13.1. The monoisotopic (exact) mass is 477 g/mol. The van der Waals surface area contributed by atoms with Gasteiger partial charge in [-0.1, -0.05) is 30.3 Å². The Morgan fingerprint density at radius 2 is 1.74 bits per heavy atom. The fourth-order valence-corrected chi connectivity index (χ4v) is 5.96. The van der Waals surface area contributed by atoms with E-state index in [1.54, 1.807) is 12.4 Å². The van der Waals surface area contributed by atoms with Crippen molar-refractivity contribution >= 4 is 11.8 Å². The Morgan fingerprint density at radius 3 is 2.37 bits per heavy atom. The molecule has 7 heteroatoms. The van der Waals surface area contributed by atoms with Crippen molar-refractivity contribution in [3.05, 3.63) is 60.2 Å². The lowest BCUT2D eigenvalue weighted by molar-refractivity contribution is -0.134. The molecule has 1 N–H and O–H groups in total. The number of nitrogens with one attached hydrogen (secondary N) is 1. The Bertz CT molecular complexity index is 1010. The zero-order valence-corrected chi connectivity index (χ0v) is 21.6. The molecule has 0 radical (unpaired) electrons. The van der Waals surface area contributed by atoms with Gasteiger partial charge in [-0.2, -0.15) is 0 Å². The van der Waals surface area contributed by atoms with Crippen LogP contribution in [-0.2, 0) is 21.5 Å². The molecule has 1 aromatic carbocycles. The number of rotatable bonds is 8. The smallest absolute Gasteiger partial charge is 0.227 e. The number of hydrogen-bond donors (Lipinski definition) is 1. The summed E-state index contributed by atoms with van der Waals surface area (Å²) in [7, 11) is 4.34. The first kappa shape index (κ1) is 25.3. The van der Waals surface area contributed by atoms with Crippen LogP contribution in [0.5, 0.6) is 0 Å². The molecule has 188 valence electrons. The molecule has 4 rings (SSSR count). The first-order valence-electron chi connectivity index (χ1n) is 12.7. The summed E-state index contributed by atoms with van der Waals surface area (Å²) in [4.78, 5) is 38.4. The van der Waals surface area contributed by atoms with Crippen LogP contribution in [0.1, 0.15) is 57.1 Å². The minimum atomic E-state index is -0.652. The maximum atomic E-state index is 13.1. The number of nitrogens with zero attached hydrogens (tertiary/aromatic N) is 4. The minimum absolute atomic E-state index is 0.0191. The summed E-state index contributed by atoms with van der Waals surface area (Å²) >= 11 is 0. The molecule has 2 aliphatic rings. The van der Waals surface area contributed by atoms with Gasteiger partial charge in [0.25, 0.3) is 0 Å². The van der Waals surface area contributed by atoms with Gasteiger partial charge in [-0.25, -0.2) is 9.97 Å². The zero-order valence-electron chi connectivity index (χ0n) is 21.6. The Hall–Kier alpha value is -2.80. The van der Waals surface area contributed by atoms with Gasteiger partial charge in [0.05, 0.1) is 5.41 Å². The maximum Gasteiger partial charge on any atom is 0.227 e. The summed E-state index contributed by atoms with van der Waals surface area (Å²) in [6.45, 7) is 5.59. The lowest BCUT2D eigenvalue weighted by Crippen LogP contribution is -2.48. The lowest BCUT2D eigenvalue weighted by Gasteiger charge is -2.49. The predicted octanol–water partition coefficient (Wildman–Crippen LogP) is 3.41. The van der Waals surface area contributed by atoms with Gasteiger partial charge in [-0.3, -0.25) is 14.5 Å². The second-order valence-electron chi connectivity index (χ2n) is 11.4. The highest BCUT2D eigenvalue weighted by atomic mass is 16.2. The van der Waals surface area contributed by atoms with E-state index in [1.165, 1.54) is 11.9 Å². The van der Waals surface area contributed by atoms with E-state index in [0.29, 0.717) is 25.9 Å². The molecule has 1 saturated carbocycles. The summed E-state index contributed by atoms with van der Waals surface area (Å²) in [5.41, 5.74) is 1.74. The molecule has 1 saturated heterocycles. The average molecular weight is 478 g/mol. The molecule has 1 spiro atoms. The number of carbonyl (C=O) groups is 2. The molecule has 2 fully saturated rings. The molecule has 0 unspecified atom stereocenters. The molecule has 2 heterocycles. The predicted molar refractivity (Wildman–Crippen MR) is 136 cm³/mol. The van der Waals surface area contributed by atoms with E-state index < -0.39 is 5.41 Å². The van der Waals surface area contributed by atoms with Gasteiger partial charge in [0, 0.05) is 44.0 Å². The van der Waals surface area contributed by atoms with Gasteiger partial charge >= 0.3 is 0 Å². The fraction of sp³-hybridized carbons (Fsp3) is 0.571. The fourth-order valence-electron chi connectivity index (χ4n) is 5.96. The van der Waals surface area contributed by atoms with E-state index in [0.717, 1.165) is 37.8 Å². The van der Waals surface area contributed by atoms with Crippen LogP contribution in [0.15, 0.2) is 49.1 Å². The van der Waals surface area contributed by atoms with Crippen LogP contribution in [0, 0.1) is 10.8 Å². The van der Waals surface area contributed by atoms with Crippen molar-refractivity contribution in [3.8, 4) is 0 Å². The van der Waals surface area contributed by atoms with Crippen molar-refractivity contribution < 1.29 is 9.59 Å². The first-order chi connectivity index (χ1) is 16.7. The molecular formula is C28H39N5O2. The van der Waals surface area contributed by atoms with Crippen LogP contribution >= 0.6 is 0 Å². The Balaban J connectivity index is 1.35. The van der Waals surface area contributed by atoms with Crippen LogP contribution in [0.3, 0.4) is 0 Å². The van der Waals surface area contributed by atoms with Crippen LogP contribution < -0.4 is 5.32 Å². The van der Waals surface area contributed by atoms with Crippen molar-refractivity contribution in [2.24, 2.45) is 10.8 Å². The number of benzene rings is 1. The van der Waals surface area contributed by atoms with Gasteiger partial charge in [0.2, 0.25) is 11.8 Å². The van der Waals surface area contributed by atoms with Crippen LogP contribution in [-0.4, -0.2) is 65.3 Å². The third-order valence-corrected chi connectivity index (χ3v) is 8.22. The lowest BCUT2D eigenvalue weighted by atomic mass is 9.64. The highest BCUT2D eigenvalue weighted by Gasteiger charge is 2.51. The Kier molecular flexibility index (Phi) is 7.27. The van der Waals surface area contributed by atoms with Crippen LogP contribution in [0.2, 0.25) is 0 Å². The second kappa shape index (κ2) is 10.1. The second-order valence-corrected chi connectivity index (χ2v) is 11.4. The average Bonchev–Trinajstić information content (AvgIpc) is 3.14. The number of likely N-dealkylation sites (tertiary alicyclic amines) is 1. The number of amides is 2. The summed E-state index contributed by atoms with van der Waals surface area (Å²) in [5, 5.41) is 3.03. The summed E-state index contributed by atoms with van der Waals surface area (Å²) < 4.78 is 0. The van der Waals surface area contributed by atoms with Crippen molar-refractivity contribution in [2.45, 2.75) is 57.9 Å². The van der Waals surface area contributed by atoms with E-state index >= 15 is 0 Å². The quantitative estimate of drug-likeness (QED) is 0.630. The van der Waals surface area contributed by atoms with E-state index in [9.17, 15) is 9.59 Å². The van der Waals surface area contributed by atoms with E-state index in [2.05, 4.69) is 64.6 Å². The van der Waals surface area contributed by atoms with Crippen molar-refractivity contribution in [1.82, 2.24) is 25.1 Å². The third kappa shape index (κ3) is 5.40. The Labute approximate surface area is 209 Å². The largest absolute Gasteiger partial charge is 0.355 e. The molecule has 7 nitrogen and oxygen atoms in total. The molecule has 0 atom stereocenters. The van der Waals surface area contributed by atoms with Crippen LogP contribution in [0.25, 0.3) is 0 Å². The van der Waals surface area contributed by atoms with E-state index in [1.807, 2.05) is 18.7 Å². The topological polar surface area (TPSA) is 78.4 Å². The summed E-state index contributed by atoms with van der Waals surface area (Å²) in [6.07, 6.45) is 10.4. The molecule has 35 heavy (non-hydrogen) atoms. The standard InChI is InChI=1S/C28H39N5O2/c1-26(2,25(35)31-15-10-22-17-29-21-30-18-22)19-33-20-27(16-24(33)34)11-13-28(14-12-27,32(3)4)23-8-6-5-7-9-23/h5-9,17-18,21H,10-16,19-20H2,1-4H3,(H,31,35)/t27-,28-. The van der Waals surface area contributed by atoms with E-state index in [4.69, 9.17) is 0 Å². The number of carbonyl (C=O) groups excluding carboxylic acids is 2. The third-order valence-electron chi connectivity index (χ3n) is 8.22. The summed E-state index contributed by atoms with van der Waals surface area (Å²) in [5.74, 6) is 0.159. The molecule has 1 aromatic heterocycles. The van der Waals surface area contributed by atoms with Gasteiger partial charge in [0.1, 0.15) is 6.33 Å². The Morgan fingerprint density at radius 1 is 1.09 bits per heavy atom. The normalized spacial score (nSPS) is 24.8. The highest BCUT2D eigenvalue weighted by Crippen LogP contribution is 2.52. The van der Waals surface area contributed by atoms with Crippen molar-refractivity contribution in [1.29, 1.82) is 0 Å². The van der Waals surface area contributed by atoms with Crippen LogP contribution in [0.4, 0.5) is 0 Å². The molecule has 2 amide bonds. The highest BCUT2D eigenvalue weighted by molar-refractivity contribution is 5.84. The van der Waals surface area contributed by atoms with Crippen molar-refractivity contribution in [2.75, 3.05) is 33.7 Å². The molecular weight excluding hydrogens is 438 g/mol. The van der Waals surface area contributed by atoms with Gasteiger partial charge in [0.15, 0.2) is 0 Å². The van der Waals surface area contributed by atoms with Gasteiger partial charge in [-0.15, -0.1) is 0 Å².